The number of nitrogens with two attached hydrogens (primary N) is 1. The van der Waals surface area contributed by atoms with Crippen LogP contribution in [0.3, 0.4) is 0 Å². The summed E-state index contributed by atoms with van der Waals surface area (Å²) in [6.45, 7) is 7.08. The number of rotatable bonds is 4. The van der Waals surface area contributed by atoms with Crippen molar-refractivity contribution < 1.29 is 17.9 Å². The molecule has 7 nitrogen and oxygen atoms in total. The Morgan fingerprint density at radius 3 is 2.82 bits per heavy atom. The molecule has 3 heterocycles. The quantitative estimate of drug-likeness (QED) is 0.557. The van der Waals surface area contributed by atoms with E-state index < -0.39 is 17.8 Å². The minimum Gasteiger partial charge on any atom is -0.399 e. The van der Waals surface area contributed by atoms with Crippen LogP contribution in [0.1, 0.15) is 24.1 Å². The average molecular weight is 473 g/mol. The number of aromatic nitrogens is 2. The second kappa shape index (κ2) is 8.92. The van der Waals surface area contributed by atoms with Crippen molar-refractivity contribution in [3.8, 4) is 0 Å². The van der Waals surface area contributed by atoms with Gasteiger partial charge in [-0.1, -0.05) is 0 Å². The number of nitrogens with zero attached hydrogens (tertiary/aromatic N) is 4. The number of nitrogens with one attached hydrogen (secondary N) is 1. The molecule has 3 N–H and O–H groups in total. The van der Waals surface area contributed by atoms with Crippen molar-refractivity contribution in [3.63, 3.8) is 0 Å². The van der Waals surface area contributed by atoms with Crippen LogP contribution in [0.4, 0.5) is 30.2 Å². The molecule has 0 radical (unpaired) electrons. The van der Waals surface area contributed by atoms with Crippen molar-refractivity contribution >= 4 is 28.0 Å². The first-order valence-corrected chi connectivity index (χ1v) is 11.3. The second-order valence-electron chi connectivity index (χ2n) is 8.92. The van der Waals surface area contributed by atoms with Gasteiger partial charge in [-0.25, -0.2) is 0 Å². The highest BCUT2D eigenvalue weighted by Gasteiger charge is 2.32. The molecule has 2 aliphatic rings. The molecule has 2 aliphatic heterocycles. The Kier molecular flexibility index (Phi) is 5.95. The molecular formula is C24H27F3N6O. The van der Waals surface area contributed by atoms with Crippen molar-refractivity contribution in [2.24, 2.45) is 0 Å². The zero-order chi connectivity index (χ0) is 23.9. The molecule has 0 aliphatic carbocycles. The largest absolute Gasteiger partial charge is 0.416 e. The molecule has 0 unspecified atom stereocenters. The highest BCUT2D eigenvalue weighted by molar-refractivity contribution is 5.93. The van der Waals surface area contributed by atoms with Gasteiger partial charge in [0.05, 0.1) is 42.2 Å². The molecule has 1 aromatic heterocycles. The number of nitrogen functional groups attached to an aromatic ring is 1. The number of piperazine rings is 1. The summed E-state index contributed by atoms with van der Waals surface area (Å²) in [5.41, 5.74) is 8.01. The molecule has 0 saturated carbocycles. The van der Waals surface area contributed by atoms with E-state index in [1.54, 1.807) is 19.2 Å². The third-order valence-electron chi connectivity index (χ3n) is 6.60. The van der Waals surface area contributed by atoms with Gasteiger partial charge in [0.2, 0.25) is 0 Å². The predicted octanol–water partition coefficient (Wildman–Crippen LogP) is 3.92. The molecule has 3 aromatic rings. The summed E-state index contributed by atoms with van der Waals surface area (Å²) in [4.78, 5) is 4.82. The lowest BCUT2D eigenvalue weighted by Gasteiger charge is -2.44. The molecule has 0 amide bonds. The third-order valence-corrected chi connectivity index (χ3v) is 6.60. The summed E-state index contributed by atoms with van der Waals surface area (Å²) in [6, 6.07) is 9.61. The van der Waals surface area contributed by atoms with Crippen LogP contribution < -0.4 is 16.0 Å². The van der Waals surface area contributed by atoms with Gasteiger partial charge in [-0.05, 0) is 48.9 Å². The zero-order valence-corrected chi connectivity index (χ0v) is 18.8. The molecule has 34 heavy (non-hydrogen) atoms. The Bertz CT molecular complexity index is 1190. The second-order valence-corrected chi connectivity index (χ2v) is 8.92. The third kappa shape index (κ3) is 4.60. The number of ether oxygens (including phenoxy) is 1. The molecule has 5 rings (SSSR count). The van der Waals surface area contributed by atoms with Gasteiger partial charge in [-0.3, -0.25) is 4.90 Å². The Morgan fingerprint density at radius 1 is 1.15 bits per heavy atom. The highest BCUT2D eigenvalue weighted by Crippen LogP contribution is 2.34. The van der Waals surface area contributed by atoms with Crippen molar-refractivity contribution in [1.29, 1.82) is 0 Å². The smallest absolute Gasteiger partial charge is 0.399 e. The standard InChI is InChI=1S/C24H27F3N6O/c1-15(16-8-17(24(25,26)27)10-18(28)9-16)30-23-12-29-31-22-3-2-19(11-21(22)23)33-5-4-32-6-7-34-14-20(32)13-33/h2-3,8-12,15,20H,4-7,13-14,28H2,1H3,(H,30,31)/t15-,20+/m1/s1. The van der Waals surface area contributed by atoms with Gasteiger partial charge in [0.15, 0.2) is 0 Å². The first-order valence-electron chi connectivity index (χ1n) is 11.3. The lowest BCUT2D eigenvalue weighted by atomic mass is 10.0. The van der Waals surface area contributed by atoms with Crippen molar-refractivity contribution in [3.05, 3.63) is 53.7 Å². The minimum absolute atomic E-state index is 0.0734. The number of hydrogen-bond acceptors (Lipinski definition) is 7. The number of fused-ring (bicyclic) bond motifs is 2. The molecule has 0 bridgehead atoms. The fraction of sp³-hybridized carbons (Fsp3) is 0.417. The summed E-state index contributed by atoms with van der Waals surface area (Å²) < 4.78 is 45.4. The van der Waals surface area contributed by atoms with E-state index in [0.29, 0.717) is 22.8 Å². The summed E-state index contributed by atoms with van der Waals surface area (Å²) in [6.07, 6.45) is -2.86. The topological polar surface area (TPSA) is 79.5 Å². The van der Waals surface area contributed by atoms with Gasteiger partial charge in [-0.2, -0.15) is 23.4 Å². The van der Waals surface area contributed by atoms with E-state index in [4.69, 9.17) is 10.5 Å². The SMILES string of the molecule is C[C@@H](Nc1cnnc2ccc(N3CCN4CCOC[C@@H]4C3)cc12)c1cc(N)cc(C(F)(F)F)c1. The minimum atomic E-state index is -4.46. The van der Waals surface area contributed by atoms with Crippen molar-refractivity contribution in [2.45, 2.75) is 25.2 Å². The first-order chi connectivity index (χ1) is 16.3. The van der Waals surface area contributed by atoms with E-state index >= 15 is 0 Å². The number of morpholine rings is 1. The molecule has 10 heteroatoms. The van der Waals surface area contributed by atoms with Crippen LogP contribution in [-0.4, -0.2) is 60.5 Å². The maximum atomic E-state index is 13.3. The molecule has 0 spiro atoms. The summed E-state index contributed by atoms with van der Waals surface area (Å²) in [7, 11) is 0. The van der Waals surface area contributed by atoms with Crippen LogP contribution in [-0.2, 0) is 10.9 Å². The molecular weight excluding hydrogens is 445 g/mol. The lowest BCUT2D eigenvalue weighted by Crippen LogP contribution is -2.58. The van der Waals surface area contributed by atoms with Gasteiger partial charge in [0.1, 0.15) is 0 Å². The molecule has 2 fully saturated rings. The van der Waals surface area contributed by atoms with Crippen LogP contribution in [0, 0.1) is 0 Å². The van der Waals surface area contributed by atoms with Gasteiger partial charge >= 0.3 is 6.18 Å². The highest BCUT2D eigenvalue weighted by atomic mass is 19.4. The van der Waals surface area contributed by atoms with Crippen LogP contribution in [0.15, 0.2) is 42.6 Å². The van der Waals surface area contributed by atoms with Crippen LogP contribution >= 0.6 is 0 Å². The molecule has 2 aromatic carbocycles. The van der Waals surface area contributed by atoms with E-state index in [9.17, 15) is 13.2 Å². The number of halogens is 3. The van der Waals surface area contributed by atoms with Gasteiger partial charge < -0.3 is 20.7 Å². The van der Waals surface area contributed by atoms with Crippen LogP contribution in [0.25, 0.3) is 10.9 Å². The molecule has 2 saturated heterocycles. The average Bonchev–Trinajstić information content (AvgIpc) is 2.82. The summed E-state index contributed by atoms with van der Waals surface area (Å²) in [5.74, 6) is 0. The Balaban J connectivity index is 1.41. The number of benzene rings is 2. The molecule has 180 valence electrons. The Hall–Kier alpha value is -3.11. The van der Waals surface area contributed by atoms with Gasteiger partial charge in [0.25, 0.3) is 0 Å². The van der Waals surface area contributed by atoms with E-state index in [-0.39, 0.29) is 5.69 Å². The monoisotopic (exact) mass is 472 g/mol. The number of hydrogen-bond donors (Lipinski definition) is 2. The van der Waals surface area contributed by atoms with Crippen molar-refractivity contribution in [2.75, 3.05) is 55.3 Å². The van der Waals surface area contributed by atoms with E-state index in [2.05, 4.69) is 31.4 Å². The summed E-state index contributed by atoms with van der Waals surface area (Å²) >= 11 is 0. The first kappa shape index (κ1) is 22.7. The van der Waals surface area contributed by atoms with Crippen molar-refractivity contribution in [1.82, 2.24) is 15.1 Å². The number of alkyl halides is 3. The maximum absolute atomic E-state index is 13.3. The van der Waals surface area contributed by atoms with E-state index in [1.165, 1.54) is 0 Å². The Labute approximate surface area is 195 Å². The maximum Gasteiger partial charge on any atom is 0.416 e. The zero-order valence-electron chi connectivity index (χ0n) is 18.8. The fourth-order valence-electron chi connectivity index (χ4n) is 4.74. The fourth-order valence-corrected chi connectivity index (χ4v) is 4.74. The van der Waals surface area contributed by atoms with Crippen LogP contribution in [0.2, 0.25) is 0 Å². The normalized spacial score (nSPS) is 20.2. The lowest BCUT2D eigenvalue weighted by molar-refractivity contribution is -0.137. The Morgan fingerprint density at radius 2 is 2.00 bits per heavy atom. The van der Waals surface area contributed by atoms with E-state index in [0.717, 1.165) is 62.6 Å². The predicted molar refractivity (Wildman–Crippen MR) is 126 cm³/mol. The van der Waals surface area contributed by atoms with Crippen LogP contribution in [0.5, 0.6) is 0 Å². The van der Waals surface area contributed by atoms with E-state index in [1.807, 2.05) is 12.1 Å². The molecule has 2 atom stereocenters. The van der Waals surface area contributed by atoms with Gasteiger partial charge in [-0.15, -0.1) is 0 Å². The van der Waals surface area contributed by atoms with Gasteiger partial charge in [0, 0.05) is 49.0 Å². The summed E-state index contributed by atoms with van der Waals surface area (Å²) in [5, 5.41) is 12.5. The number of anilines is 3.